The molecule has 0 saturated carbocycles. The van der Waals surface area contributed by atoms with Crippen molar-refractivity contribution in [3.05, 3.63) is 33.8 Å². The maximum absolute atomic E-state index is 4.76. The molecular formula is C15H19BrN2. The Labute approximate surface area is 117 Å². The van der Waals surface area contributed by atoms with Crippen molar-refractivity contribution in [1.29, 1.82) is 0 Å². The standard InChI is InChI=1S/C15H19BrN2/c1-9-6-7-12(16)13-10(9)8-11(15(2,3)4)14(17-5)18-13/h6-8H,1-5H3,(H,17,18). The molecule has 0 amide bonds. The summed E-state index contributed by atoms with van der Waals surface area (Å²) in [5.41, 5.74) is 3.61. The Kier molecular flexibility index (Phi) is 3.37. The van der Waals surface area contributed by atoms with E-state index < -0.39 is 0 Å². The predicted octanol–water partition coefficient (Wildman–Crippen LogP) is 4.64. The minimum Gasteiger partial charge on any atom is -0.373 e. The highest BCUT2D eigenvalue weighted by Crippen LogP contribution is 2.34. The minimum atomic E-state index is 0.0777. The molecule has 2 rings (SSSR count). The normalized spacial score (nSPS) is 11.9. The van der Waals surface area contributed by atoms with Crippen LogP contribution in [0.5, 0.6) is 0 Å². The number of hydrogen-bond acceptors (Lipinski definition) is 2. The van der Waals surface area contributed by atoms with E-state index in [-0.39, 0.29) is 5.41 Å². The van der Waals surface area contributed by atoms with Gasteiger partial charge in [-0.15, -0.1) is 0 Å². The smallest absolute Gasteiger partial charge is 0.130 e. The molecule has 0 atom stereocenters. The molecular weight excluding hydrogens is 288 g/mol. The number of fused-ring (bicyclic) bond motifs is 1. The summed E-state index contributed by atoms with van der Waals surface area (Å²) in [7, 11) is 1.92. The molecule has 0 bridgehead atoms. The molecule has 0 aliphatic rings. The summed E-state index contributed by atoms with van der Waals surface area (Å²) in [6, 6.07) is 6.44. The summed E-state index contributed by atoms with van der Waals surface area (Å²) in [5, 5.41) is 4.43. The zero-order chi connectivity index (χ0) is 13.5. The third-order valence-electron chi connectivity index (χ3n) is 3.20. The lowest BCUT2D eigenvalue weighted by Crippen LogP contribution is -2.15. The van der Waals surface area contributed by atoms with Crippen molar-refractivity contribution < 1.29 is 0 Å². The van der Waals surface area contributed by atoms with Crippen LogP contribution < -0.4 is 5.32 Å². The highest BCUT2D eigenvalue weighted by atomic mass is 79.9. The number of anilines is 1. The predicted molar refractivity (Wildman–Crippen MR) is 82.4 cm³/mol. The van der Waals surface area contributed by atoms with Crippen LogP contribution in [0, 0.1) is 6.92 Å². The summed E-state index contributed by atoms with van der Waals surface area (Å²) in [6.07, 6.45) is 0. The second kappa shape index (κ2) is 4.54. The van der Waals surface area contributed by atoms with Crippen molar-refractivity contribution in [2.75, 3.05) is 12.4 Å². The van der Waals surface area contributed by atoms with Gasteiger partial charge in [-0.25, -0.2) is 4.98 Å². The second-order valence-electron chi connectivity index (χ2n) is 5.64. The molecule has 0 unspecified atom stereocenters. The van der Waals surface area contributed by atoms with Crippen LogP contribution in [0.4, 0.5) is 5.82 Å². The van der Waals surface area contributed by atoms with E-state index in [0.717, 1.165) is 15.8 Å². The fraction of sp³-hybridized carbons (Fsp3) is 0.400. The lowest BCUT2D eigenvalue weighted by Gasteiger charge is -2.23. The monoisotopic (exact) mass is 306 g/mol. The van der Waals surface area contributed by atoms with Crippen LogP contribution in [0.15, 0.2) is 22.7 Å². The molecule has 0 saturated heterocycles. The van der Waals surface area contributed by atoms with E-state index >= 15 is 0 Å². The molecule has 3 heteroatoms. The van der Waals surface area contributed by atoms with Crippen LogP contribution in [-0.2, 0) is 5.41 Å². The van der Waals surface area contributed by atoms with Crippen LogP contribution in [0.1, 0.15) is 31.9 Å². The van der Waals surface area contributed by atoms with Gasteiger partial charge in [0.25, 0.3) is 0 Å². The number of pyridine rings is 1. The van der Waals surface area contributed by atoms with E-state index in [1.54, 1.807) is 0 Å². The average Bonchev–Trinajstić information content (AvgIpc) is 2.31. The molecule has 0 fully saturated rings. The van der Waals surface area contributed by atoms with Gasteiger partial charge in [-0.05, 0) is 46.0 Å². The van der Waals surface area contributed by atoms with E-state index in [9.17, 15) is 0 Å². The molecule has 0 radical (unpaired) electrons. The zero-order valence-corrected chi connectivity index (χ0v) is 13.1. The molecule has 1 N–H and O–H groups in total. The van der Waals surface area contributed by atoms with Gasteiger partial charge >= 0.3 is 0 Å². The van der Waals surface area contributed by atoms with Crippen molar-refractivity contribution in [2.45, 2.75) is 33.1 Å². The maximum Gasteiger partial charge on any atom is 0.130 e. The number of halogens is 1. The van der Waals surface area contributed by atoms with Crippen molar-refractivity contribution in [2.24, 2.45) is 0 Å². The number of benzene rings is 1. The van der Waals surface area contributed by atoms with Crippen LogP contribution >= 0.6 is 15.9 Å². The van der Waals surface area contributed by atoms with Gasteiger partial charge in [0.05, 0.1) is 5.52 Å². The third-order valence-corrected chi connectivity index (χ3v) is 3.84. The molecule has 1 aromatic heterocycles. The van der Waals surface area contributed by atoms with Crippen molar-refractivity contribution in [1.82, 2.24) is 4.98 Å². The Morgan fingerprint density at radius 1 is 1.22 bits per heavy atom. The first-order valence-electron chi connectivity index (χ1n) is 6.12. The number of aromatic nitrogens is 1. The summed E-state index contributed by atoms with van der Waals surface area (Å²) in [4.78, 5) is 4.76. The zero-order valence-electron chi connectivity index (χ0n) is 11.6. The Morgan fingerprint density at radius 2 is 1.89 bits per heavy atom. The average molecular weight is 307 g/mol. The molecule has 0 aliphatic carbocycles. The van der Waals surface area contributed by atoms with Gasteiger partial charge in [0.15, 0.2) is 0 Å². The lowest BCUT2D eigenvalue weighted by atomic mass is 9.86. The van der Waals surface area contributed by atoms with Crippen molar-refractivity contribution in [3.8, 4) is 0 Å². The minimum absolute atomic E-state index is 0.0777. The molecule has 1 heterocycles. The van der Waals surface area contributed by atoms with E-state index in [1.165, 1.54) is 16.5 Å². The summed E-state index contributed by atoms with van der Waals surface area (Å²) in [5.74, 6) is 0.960. The van der Waals surface area contributed by atoms with Crippen LogP contribution in [0.2, 0.25) is 0 Å². The molecule has 96 valence electrons. The summed E-state index contributed by atoms with van der Waals surface area (Å²) in [6.45, 7) is 8.76. The number of nitrogens with zero attached hydrogens (tertiary/aromatic N) is 1. The lowest BCUT2D eigenvalue weighted by molar-refractivity contribution is 0.591. The highest BCUT2D eigenvalue weighted by Gasteiger charge is 2.20. The van der Waals surface area contributed by atoms with Gasteiger partial charge in [0.1, 0.15) is 5.82 Å². The number of rotatable bonds is 1. The third kappa shape index (κ3) is 2.24. The first-order valence-corrected chi connectivity index (χ1v) is 6.92. The van der Waals surface area contributed by atoms with Gasteiger partial charge in [-0.1, -0.05) is 26.8 Å². The molecule has 1 aromatic carbocycles. The van der Waals surface area contributed by atoms with E-state index in [1.807, 2.05) is 7.05 Å². The molecule has 2 aromatic rings. The molecule has 0 spiro atoms. The Morgan fingerprint density at radius 3 is 2.44 bits per heavy atom. The summed E-state index contributed by atoms with van der Waals surface area (Å²) >= 11 is 3.58. The van der Waals surface area contributed by atoms with Gasteiger partial charge in [0.2, 0.25) is 0 Å². The van der Waals surface area contributed by atoms with Gasteiger partial charge in [-0.2, -0.15) is 0 Å². The maximum atomic E-state index is 4.76. The van der Waals surface area contributed by atoms with E-state index in [0.29, 0.717) is 0 Å². The first kappa shape index (κ1) is 13.3. The molecule has 0 aliphatic heterocycles. The quantitative estimate of drug-likeness (QED) is 0.830. The van der Waals surface area contributed by atoms with E-state index in [2.05, 4.69) is 67.1 Å². The Hall–Kier alpha value is -1.09. The molecule has 18 heavy (non-hydrogen) atoms. The van der Waals surface area contributed by atoms with E-state index in [4.69, 9.17) is 4.98 Å². The Bertz CT molecular complexity index is 597. The van der Waals surface area contributed by atoms with Gasteiger partial charge < -0.3 is 5.32 Å². The molecule has 2 nitrogen and oxygen atoms in total. The number of nitrogens with one attached hydrogen (secondary N) is 1. The van der Waals surface area contributed by atoms with Crippen LogP contribution in [-0.4, -0.2) is 12.0 Å². The van der Waals surface area contributed by atoms with Crippen LogP contribution in [0.25, 0.3) is 10.9 Å². The largest absolute Gasteiger partial charge is 0.373 e. The fourth-order valence-electron chi connectivity index (χ4n) is 2.13. The van der Waals surface area contributed by atoms with Crippen molar-refractivity contribution in [3.63, 3.8) is 0 Å². The fourth-order valence-corrected chi connectivity index (χ4v) is 2.56. The SMILES string of the molecule is CNc1nc2c(Br)ccc(C)c2cc1C(C)(C)C. The first-order chi connectivity index (χ1) is 8.34. The van der Waals surface area contributed by atoms with Crippen molar-refractivity contribution >= 4 is 32.7 Å². The van der Waals surface area contributed by atoms with Gasteiger partial charge in [0, 0.05) is 22.5 Å². The topological polar surface area (TPSA) is 24.9 Å². The second-order valence-corrected chi connectivity index (χ2v) is 6.50. The number of aryl methyl sites for hydroxylation is 1. The van der Waals surface area contributed by atoms with Crippen LogP contribution in [0.3, 0.4) is 0 Å². The van der Waals surface area contributed by atoms with Gasteiger partial charge in [-0.3, -0.25) is 0 Å². The Balaban J connectivity index is 2.86. The number of hydrogen-bond donors (Lipinski definition) is 1. The highest BCUT2D eigenvalue weighted by molar-refractivity contribution is 9.10. The summed E-state index contributed by atoms with van der Waals surface area (Å²) < 4.78 is 1.04.